The molecular weight excluding hydrogens is 376 g/mol. The van der Waals surface area contributed by atoms with Gasteiger partial charge >= 0.3 is 0 Å². The zero-order chi connectivity index (χ0) is 20.1. The first-order chi connectivity index (χ1) is 13.5. The molecule has 0 aliphatic rings. The maximum absolute atomic E-state index is 12.3. The summed E-state index contributed by atoms with van der Waals surface area (Å²) in [5.74, 6) is 0.813. The van der Waals surface area contributed by atoms with Crippen molar-refractivity contribution in [3.8, 4) is 5.75 Å². The molecule has 2 N–H and O–H groups in total. The van der Waals surface area contributed by atoms with Crippen LogP contribution in [0, 0.1) is 13.8 Å². The molecule has 28 heavy (non-hydrogen) atoms. The van der Waals surface area contributed by atoms with Gasteiger partial charge in [-0.25, -0.2) is 9.97 Å². The number of amides is 1. The van der Waals surface area contributed by atoms with Crippen molar-refractivity contribution in [1.29, 1.82) is 0 Å². The number of methoxy groups -OCH3 is 1. The van der Waals surface area contributed by atoms with E-state index in [1.165, 1.54) is 12.4 Å². The highest BCUT2D eigenvalue weighted by Crippen LogP contribution is 2.32. The molecule has 3 aromatic rings. The molecule has 1 aromatic heterocycles. The minimum atomic E-state index is -0.277. The Morgan fingerprint density at radius 2 is 1.96 bits per heavy atom. The molecule has 6 nitrogen and oxygen atoms in total. The smallest absolute Gasteiger partial charge is 0.271 e. The number of carbonyl (C=O) groups excluding carboxylic acids is 1. The predicted molar refractivity (Wildman–Crippen MR) is 110 cm³/mol. The van der Waals surface area contributed by atoms with Gasteiger partial charge in [0.2, 0.25) is 0 Å². The van der Waals surface area contributed by atoms with Crippen molar-refractivity contribution in [3.63, 3.8) is 0 Å². The molecule has 2 aromatic carbocycles. The zero-order valence-corrected chi connectivity index (χ0v) is 16.7. The van der Waals surface area contributed by atoms with Gasteiger partial charge in [0.05, 0.1) is 25.2 Å². The quantitative estimate of drug-likeness (QED) is 0.644. The molecule has 7 heteroatoms. The van der Waals surface area contributed by atoms with E-state index in [4.69, 9.17) is 16.3 Å². The third-order valence-corrected chi connectivity index (χ3v) is 4.57. The second-order valence-corrected chi connectivity index (χ2v) is 6.79. The number of anilines is 2. The first kappa shape index (κ1) is 19.6. The molecule has 0 aliphatic carbocycles. The van der Waals surface area contributed by atoms with E-state index in [0.717, 1.165) is 22.4 Å². The van der Waals surface area contributed by atoms with Gasteiger partial charge in [-0.15, -0.1) is 0 Å². The molecule has 3 rings (SSSR count). The van der Waals surface area contributed by atoms with Crippen LogP contribution >= 0.6 is 11.6 Å². The van der Waals surface area contributed by atoms with Crippen molar-refractivity contribution in [1.82, 2.24) is 15.3 Å². The molecule has 0 aliphatic heterocycles. The molecule has 144 valence electrons. The largest absolute Gasteiger partial charge is 0.495 e. The Kier molecular flexibility index (Phi) is 6.11. The van der Waals surface area contributed by atoms with Crippen LogP contribution in [0.4, 0.5) is 11.5 Å². The number of aromatic nitrogens is 2. The Bertz CT molecular complexity index is 990. The molecule has 0 bridgehead atoms. The van der Waals surface area contributed by atoms with E-state index >= 15 is 0 Å². The lowest BCUT2D eigenvalue weighted by atomic mass is 10.1. The van der Waals surface area contributed by atoms with Gasteiger partial charge in [0, 0.05) is 17.6 Å². The summed E-state index contributed by atoms with van der Waals surface area (Å²) in [7, 11) is 1.57. The van der Waals surface area contributed by atoms with Crippen molar-refractivity contribution >= 4 is 29.0 Å². The van der Waals surface area contributed by atoms with Gasteiger partial charge in [-0.1, -0.05) is 41.4 Å². The fraction of sp³-hybridized carbons (Fsp3) is 0.190. The number of aryl methyl sites for hydroxylation is 2. The summed E-state index contributed by atoms with van der Waals surface area (Å²) in [6.45, 7) is 4.35. The van der Waals surface area contributed by atoms with Crippen molar-refractivity contribution in [3.05, 3.63) is 76.2 Å². The molecule has 0 fully saturated rings. The second-order valence-electron chi connectivity index (χ2n) is 6.39. The summed E-state index contributed by atoms with van der Waals surface area (Å²) in [6.07, 6.45) is 2.94. The Labute approximate surface area is 168 Å². The van der Waals surface area contributed by atoms with Crippen LogP contribution in [0.2, 0.25) is 5.02 Å². The fourth-order valence-electron chi connectivity index (χ4n) is 2.67. The molecule has 0 spiro atoms. The maximum Gasteiger partial charge on any atom is 0.271 e. The molecular formula is C21H21ClN4O2. The Morgan fingerprint density at radius 1 is 1.14 bits per heavy atom. The zero-order valence-electron chi connectivity index (χ0n) is 15.9. The van der Waals surface area contributed by atoms with Gasteiger partial charge in [0.15, 0.2) is 0 Å². The molecule has 0 radical (unpaired) electrons. The lowest BCUT2D eigenvalue weighted by molar-refractivity contribution is 0.0945. The molecule has 0 atom stereocenters. The third-order valence-electron chi connectivity index (χ3n) is 4.16. The van der Waals surface area contributed by atoms with Crippen LogP contribution in [-0.2, 0) is 6.54 Å². The van der Waals surface area contributed by atoms with E-state index in [-0.39, 0.29) is 11.6 Å². The van der Waals surface area contributed by atoms with E-state index in [9.17, 15) is 4.79 Å². The number of halogens is 1. The monoisotopic (exact) mass is 396 g/mol. The van der Waals surface area contributed by atoms with Crippen LogP contribution in [0.3, 0.4) is 0 Å². The molecule has 0 saturated heterocycles. The van der Waals surface area contributed by atoms with E-state index in [2.05, 4.69) is 20.6 Å². The van der Waals surface area contributed by atoms with Crippen LogP contribution in [0.15, 0.2) is 48.8 Å². The highest BCUT2D eigenvalue weighted by molar-refractivity contribution is 6.31. The Hall–Kier alpha value is -3.12. The highest BCUT2D eigenvalue weighted by atomic mass is 35.5. The summed E-state index contributed by atoms with van der Waals surface area (Å²) < 4.78 is 5.34. The summed E-state index contributed by atoms with van der Waals surface area (Å²) in [5.41, 5.74) is 4.05. The molecule has 0 saturated carbocycles. The fourth-order valence-corrected chi connectivity index (χ4v) is 2.83. The van der Waals surface area contributed by atoms with E-state index in [1.807, 2.05) is 44.2 Å². The van der Waals surface area contributed by atoms with Gasteiger partial charge < -0.3 is 15.4 Å². The normalized spacial score (nSPS) is 10.4. The number of nitrogens with one attached hydrogen (secondary N) is 2. The van der Waals surface area contributed by atoms with E-state index in [1.54, 1.807) is 13.2 Å². The van der Waals surface area contributed by atoms with Crippen LogP contribution in [0.25, 0.3) is 0 Å². The van der Waals surface area contributed by atoms with Gasteiger partial charge in [-0.2, -0.15) is 0 Å². The number of rotatable bonds is 6. The van der Waals surface area contributed by atoms with Crippen molar-refractivity contribution in [2.45, 2.75) is 20.4 Å². The predicted octanol–water partition coefficient (Wildman–Crippen LogP) is 4.43. The number of carbonyl (C=O) groups is 1. The van der Waals surface area contributed by atoms with Crippen LogP contribution in [0.5, 0.6) is 5.75 Å². The SMILES string of the molecule is COc1cc(Cl)c(C)cc1Nc1cnc(C(=O)NCc2cccc(C)c2)cn1. The average molecular weight is 397 g/mol. The minimum absolute atomic E-state index is 0.248. The first-order valence-corrected chi connectivity index (χ1v) is 9.11. The number of ether oxygens (including phenoxy) is 1. The summed E-state index contributed by atoms with van der Waals surface area (Å²) in [4.78, 5) is 20.8. The second kappa shape index (κ2) is 8.71. The maximum atomic E-state index is 12.3. The standard InChI is InChI=1S/C21H21ClN4O2/c1-13-5-4-6-15(7-13)10-25-21(27)18-11-24-20(12-23-18)26-17-8-14(2)16(22)9-19(17)28-3/h4-9,11-12H,10H2,1-3H3,(H,24,26)(H,25,27). The van der Waals surface area contributed by atoms with Crippen LogP contribution in [-0.4, -0.2) is 23.0 Å². The number of benzene rings is 2. The van der Waals surface area contributed by atoms with Crippen LogP contribution in [0.1, 0.15) is 27.2 Å². The minimum Gasteiger partial charge on any atom is -0.495 e. The number of nitrogens with zero attached hydrogens (tertiary/aromatic N) is 2. The van der Waals surface area contributed by atoms with Crippen molar-refractivity contribution < 1.29 is 9.53 Å². The van der Waals surface area contributed by atoms with Crippen molar-refractivity contribution in [2.75, 3.05) is 12.4 Å². The molecule has 0 unspecified atom stereocenters. The third kappa shape index (κ3) is 4.78. The van der Waals surface area contributed by atoms with Gasteiger partial charge in [-0.05, 0) is 31.0 Å². The van der Waals surface area contributed by atoms with Gasteiger partial charge in [0.25, 0.3) is 5.91 Å². The average Bonchev–Trinajstić information content (AvgIpc) is 2.69. The van der Waals surface area contributed by atoms with Crippen LogP contribution < -0.4 is 15.4 Å². The molecule has 1 amide bonds. The number of hydrogen-bond donors (Lipinski definition) is 2. The topological polar surface area (TPSA) is 76.1 Å². The Balaban J connectivity index is 1.66. The Morgan fingerprint density at radius 3 is 2.64 bits per heavy atom. The van der Waals surface area contributed by atoms with Gasteiger partial charge in [0.1, 0.15) is 17.3 Å². The van der Waals surface area contributed by atoms with E-state index in [0.29, 0.717) is 23.1 Å². The van der Waals surface area contributed by atoms with E-state index < -0.39 is 0 Å². The van der Waals surface area contributed by atoms with Gasteiger partial charge in [-0.3, -0.25) is 4.79 Å². The first-order valence-electron chi connectivity index (χ1n) is 8.73. The van der Waals surface area contributed by atoms with Crippen molar-refractivity contribution in [2.24, 2.45) is 0 Å². The molecule has 1 heterocycles. The number of hydrogen-bond acceptors (Lipinski definition) is 5. The lowest BCUT2D eigenvalue weighted by Crippen LogP contribution is -2.24. The summed E-state index contributed by atoms with van der Waals surface area (Å²) >= 11 is 6.13. The summed E-state index contributed by atoms with van der Waals surface area (Å²) in [5, 5.41) is 6.60. The summed E-state index contributed by atoms with van der Waals surface area (Å²) in [6, 6.07) is 11.6. The lowest BCUT2D eigenvalue weighted by Gasteiger charge is -2.12. The highest BCUT2D eigenvalue weighted by Gasteiger charge is 2.11.